The van der Waals surface area contributed by atoms with Crippen molar-refractivity contribution in [2.75, 3.05) is 13.2 Å². The fourth-order valence-corrected chi connectivity index (χ4v) is 5.63. The summed E-state index contributed by atoms with van der Waals surface area (Å²) >= 11 is 6.33. The molecule has 7 heteroatoms. The number of hydrazone groups is 1. The predicted octanol–water partition coefficient (Wildman–Crippen LogP) is 3.14. The van der Waals surface area contributed by atoms with Gasteiger partial charge in [-0.15, -0.1) is 6.42 Å². The summed E-state index contributed by atoms with van der Waals surface area (Å²) in [6.45, 7) is 2.31. The van der Waals surface area contributed by atoms with Gasteiger partial charge in [0.25, 0.3) is 11.8 Å². The quantitative estimate of drug-likeness (QED) is 0.304. The number of benzene rings is 1. The molecule has 0 spiro atoms. The second kappa shape index (κ2) is 7.17. The Kier molecular flexibility index (Phi) is 4.59. The zero-order valence-electron chi connectivity index (χ0n) is 16.5. The van der Waals surface area contributed by atoms with E-state index in [4.69, 9.17) is 27.5 Å². The number of terminal acetylenes is 1. The molecule has 6 nitrogen and oxygen atoms in total. The highest BCUT2D eigenvalue weighted by Gasteiger charge is 2.67. The minimum absolute atomic E-state index is 0.0607. The van der Waals surface area contributed by atoms with Crippen LogP contribution in [0.3, 0.4) is 0 Å². The molecule has 1 saturated heterocycles. The van der Waals surface area contributed by atoms with E-state index in [1.165, 1.54) is 6.21 Å². The van der Waals surface area contributed by atoms with E-state index in [1.807, 2.05) is 6.92 Å². The molecule has 0 N–H and O–H groups in total. The maximum Gasteiger partial charge on any atom is 0.254 e. The highest BCUT2D eigenvalue weighted by Crippen LogP contribution is 2.65. The summed E-state index contributed by atoms with van der Waals surface area (Å²) in [7, 11) is 0. The lowest BCUT2D eigenvalue weighted by molar-refractivity contribution is -0.140. The molecule has 1 aliphatic heterocycles. The van der Waals surface area contributed by atoms with Gasteiger partial charge in [0.15, 0.2) is 11.5 Å². The van der Waals surface area contributed by atoms with Crippen LogP contribution in [0.25, 0.3) is 0 Å². The van der Waals surface area contributed by atoms with Crippen LogP contribution in [-0.4, -0.2) is 36.3 Å². The lowest BCUT2D eigenvalue weighted by Gasteiger charge is -2.37. The van der Waals surface area contributed by atoms with Crippen molar-refractivity contribution < 1.29 is 19.1 Å². The van der Waals surface area contributed by atoms with Crippen molar-refractivity contribution in [1.29, 1.82) is 0 Å². The van der Waals surface area contributed by atoms with Gasteiger partial charge in [0.05, 0.1) is 29.7 Å². The predicted molar refractivity (Wildman–Crippen MR) is 111 cm³/mol. The number of hydrogen-bond acceptors (Lipinski definition) is 5. The molecule has 2 bridgehead atoms. The van der Waals surface area contributed by atoms with Crippen LogP contribution >= 0.6 is 11.6 Å². The van der Waals surface area contributed by atoms with Gasteiger partial charge >= 0.3 is 0 Å². The van der Waals surface area contributed by atoms with Gasteiger partial charge in [0, 0.05) is 0 Å². The van der Waals surface area contributed by atoms with Gasteiger partial charge in [-0.3, -0.25) is 9.59 Å². The second-order valence-electron chi connectivity index (χ2n) is 8.14. The SMILES string of the molecule is C#CCOc1c(Cl)cc(/C=N\N2C(=O)[C@H]3[C@@H]4C=C[C@@H]([C@H]5C[C@H]45)[C@@H]3C2=O)cc1OCC. The Morgan fingerprint density at radius 1 is 1.20 bits per heavy atom. The number of nitrogens with zero attached hydrogens (tertiary/aromatic N) is 2. The second-order valence-corrected chi connectivity index (χ2v) is 8.55. The number of rotatable bonds is 6. The fourth-order valence-electron chi connectivity index (χ4n) is 5.36. The fraction of sp³-hybridized carbons (Fsp3) is 0.435. The van der Waals surface area contributed by atoms with Gasteiger partial charge in [0.1, 0.15) is 6.61 Å². The molecule has 6 atom stereocenters. The first-order valence-electron chi connectivity index (χ1n) is 10.2. The first-order valence-corrected chi connectivity index (χ1v) is 10.6. The van der Waals surface area contributed by atoms with Gasteiger partial charge in [-0.2, -0.15) is 10.1 Å². The zero-order valence-corrected chi connectivity index (χ0v) is 17.2. The van der Waals surface area contributed by atoms with Crippen LogP contribution < -0.4 is 9.47 Å². The molecule has 2 saturated carbocycles. The summed E-state index contributed by atoms with van der Waals surface area (Å²) in [5.74, 6) is 3.71. The van der Waals surface area contributed by atoms with Crippen molar-refractivity contribution in [3.8, 4) is 23.8 Å². The Hall–Kier alpha value is -2.78. The van der Waals surface area contributed by atoms with Gasteiger partial charge in [-0.1, -0.05) is 29.7 Å². The van der Waals surface area contributed by atoms with Crippen LogP contribution in [0.2, 0.25) is 5.02 Å². The molecule has 30 heavy (non-hydrogen) atoms. The Labute approximate surface area is 179 Å². The minimum Gasteiger partial charge on any atom is -0.490 e. The van der Waals surface area contributed by atoms with E-state index in [0.29, 0.717) is 40.5 Å². The average Bonchev–Trinajstić information content (AvgIpc) is 3.51. The summed E-state index contributed by atoms with van der Waals surface area (Å²) < 4.78 is 11.1. The van der Waals surface area contributed by atoms with Gasteiger partial charge < -0.3 is 9.47 Å². The molecule has 2 amide bonds. The molecule has 1 aromatic rings. The molecule has 0 radical (unpaired) electrons. The highest BCUT2D eigenvalue weighted by atomic mass is 35.5. The Balaban J connectivity index is 1.40. The normalized spacial score (nSPS) is 32.9. The van der Waals surface area contributed by atoms with Crippen molar-refractivity contribution in [2.24, 2.45) is 40.6 Å². The van der Waals surface area contributed by atoms with Crippen LogP contribution in [0.1, 0.15) is 18.9 Å². The number of halogens is 1. The summed E-state index contributed by atoms with van der Waals surface area (Å²) in [6.07, 6.45) is 12.1. The number of imide groups is 1. The van der Waals surface area contributed by atoms with Crippen molar-refractivity contribution in [3.63, 3.8) is 0 Å². The van der Waals surface area contributed by atoms with Crippen molar-refractivity contribution >= 4 is 29.6 Å². The Morgan fingerprint density at radius 3 is 2.47 bits per heavy atom. The third-order valence-electron chi connectivity index (χ3n) is 6.59. The summed E-state index contributed by atoms with van der Waals surface area (Å²) in [5, 5.41) is 5.60. The summed E-state index contributed by atoms with van der Waals surface area (Å²) in [4.78, 5) is 26.0. The topological polar surface area (TPSA) is 68.2 Å². The molecule has 6 rings (SSSR count). The van der Waals surface area contributed by atoms with Crippen LogP contribution in [0.4, 0.5) is 0 Å². The van der Waals surface area contributed by atoms with E-state index in [1.54, 1.807) is 12.1 Å². The molecule has 0 aromatic heterocycles. The standard InChI is InChI=1S/C23H21ClN2O4/c1-3-7-30-21-17(24)8-12(9-18(21)29-4-2)11-25-26-22(27)19-13-5-6-14(16-10-15(13)16)20(19)23(26)28/h1,5-6,8-9,11,13-16,19-20H,4,7,10H2,2H3/b25-11-/t13-,14+,15-,16-,19+,20+/m1/s1. The molecule has 5 aliphatic rings. The highest BCUT2D eigenvalue weighted by molar-refractivity contribution is 6.32. The molecular weight excluding hydrogens is 404 g/mol. The zero-order chi connectivity index (χ0) is 21.0. The number of carbonyl (C=O) groups is 2. The van der Waals surface area contributed by atoms with Crippen molar-refractivity contribution in [3.05, 3.63) is 34.9 Å². The number of hydrogen-bond donors (Lipinski definition) is 0. The van der Waals surface area contributed by atoms with Crippen LogP contribution in [0.5, 0.6) is 11.5 Å². The Bertz CT molecular complexity index is 991. The molecule has 1 heterocycles. The van der Waals surface area contributed by atoms with Crippen LogP contribution in [0.15, 0.2) is 29.4 Å². The van der Waals surface area contributed by atoms with Crippen LogP contribution in [0, 0.1) is 47.9 Å². The summed E-state index contributed by atoms with van der Waals surface area (Å²) in [6, 6.07) is 3.33. The van der Waals surface area contributed by atoms with Gasteiger partial charge in [0.2, 0.25) is 0 Å². The number of allylic oxidation sites excluding steroid dienone is 2. The maximum atomic E-state index is 13.0. The van der Waals surface area contributed by atoms with E-state index < -0.39 is 0 Å². The van der Waals surface area contributed by atoms with Crippen molar-refractivity contribution in [1.82, 2.24) is 5.01 Å². The first kappa shape index (κ1) is 19.2. The number of amides is 2. The molecule has 0 unspecified atom stereocenters. The smallest absolute Gasteiger partial charge is 0.254 e. The molecular formula is C23H21ClN2O4. The molecule has 1 aromatic carbocycles. The van der Waals surface area contributed by atoms with Crippen LogP contribution in [-0.2, 0) is 9.59 Å². The molecule has 3 fully saturated rings. The van der Waals surface area contributed by atoms with Gasteiger partial charge in [-0.25, -0.2) is 0 Å². The largest absolute Gasteiger partial charge is 0.490 e. The van der Waals surface area contributed by atoms with E-state index in [0.717, 1.165) is 11.4 Å². The third kappa shape index (κ3) is 2.84. The monoisotopic (exact) mass is 424 g/mol. The van der Waals surface area contributed by atoms with Crippen molar-refractivity contribution in [2.45, 2.75) is 13.3 Å². The first-order chi connectivity index (χ1) is 14.5. The number of carbonyl (C=O) groups excluding carboxylic acids is 2. The van der Waals surface area contributed by atoms with E-state index >= 15 is 0 Å². The average molecular weight is 425 g/mol. The lowest BCUT2D eigenvalue weighted by Crippen LogP contribution is -2.40. The van der Waals surface area contributed by atoms with E-state index in [2.05, 4.69) is 23.2 Å². The molecule has 154 valence electrons. The lowest BCUT2D eigenvalue weighted by atomic mass is 9.63. The van der Waals surface area contributed by atoms with E-state index in [-0.39, 0.29) is 42.1 Å². The van der Waals surface area contributed by atoms with Gasteiger partial charge in [-0.05, 0) is 54.7 Å². The minimum atomic E-state index is -0.268. The van der Waals surface area contributed by atoms with E-state index in [9.17, 15) is 9.59 Å². The maximum absolute atomic E-state index is 13.0. The third-order valence-corrected chi connectivity index (χ3v) is 6.87. The Morgan fingerprint density at radius 2 is 1.87 bits per heavy atom. The summed E-state index contributed by atoms with van der Waals surface area (Å²) in [5.41, 5.74) is 0.593. The number of ether oxygens (including phenoxy) is 2. The molecule has 4 aliphatic carbocycles.